The molecule has 1 atom stereocenters. The van der Waals surface area contributed by atoms with E-state index >= 15 is 0 Å². The molecule has 2 heterocycles. The second-order valence-corrected chi connectivity index (χ2v) is 5.67. The Morgan fingerprint density at radius 2 is 2.15 bits per heavy atom. The number of piperidine rings is 1. The third kappa shape index (κ3) is 3.11. The van der Waals surface area contributed by atoms with Crippen LogP contribution in [0, 0.1) is 0 Å². The lowest BCUT2D eigenvalue weighted by Gasteiger charge is -2.29. The minimum atomic E-state index is 0.224. The van der Waals surface area contributed by atoms with Gasteiger partial charge in [0.15, 0.2) is 0 Å². The molecule has 1 fully saturated rings. The fourth-order valence-corrected chi connectivity index (χ4v) is 2.62. The molecule has 2 aromatic rings. The zero-order valence-electron chi connectivity index (χ0n) is 11.2. The van der Waals surface area contributed by atoms with Crippen LogP contribution in [0.5, 0.6) is 0 Å². The summed E-state index contributed by atoms with van der Waals surface area (Å²) in [4.78, 5) is 6.71. The van der Waals surface area contributed by atoms with Gasteiger partial charge < -0.3 is 10.6 Å². The number of benzene rings is 1. The predicted molar refractivity (Wildman–Crippen MR) is 80.1 cm³/mol. The first kappa shape index (κ1) is 13.4. The van der Waals surface area contributed by atoms with Gasteiger partial charge in [0.1, 0.15) is 5.82 Å². The van der Waals surface area contributed by atoms with Gasteiger partial charge in [-0.15, -0.1) is 5.10 Å². The first-order valence-electron chi connectivity index (χ1n) is 6.87. The van der Waals surface area contributed by atoms with Crippen LogP contribution in [0.15, 0.2) is 24.3 Å². The van der Waals surface area contributed by atoms with E-state index in [9.17, 15) is 0 Å². The van der Waals surface area contributed by atoms with Gasteiger partial charge >= 0.3 is 0 Å². The lowest BCUT2D eigenvalue weighted by atomic mass is 10.1. The highest BCUT2D eigenvalue weighted by atomic mass is 35.5. The number of hydrogen-bond donors (Lipinski definition) is 2. The summed E-state index contributed by atoms with van der Waals surface area (Å²) in [6.45, 7) is 1.81. The zero-order valence-corrected chi connectivity index (χ0v) is 12.0. The Balaban J connectivity index is 1.68. The van der Waals surface area contributed by atoms with E-state index in [0.29, 0.717) is 0 Å². The lowest BCUT2D eigenvalue weighted by Crippen LogP contribution is -2.43. The number of nitrogens with one attached hydrogen (secondary N) is 1. The maximum Gasteiger partial charge on any atom is 0.244 e. The highest BCUT2D eigenvalue weighted by molar-refractivity contribution is 6.30. The Labute approximate surface area is 123 Å². The molecule has 0 spiro atoms. The minimum Gasteiger partial charge on any atom is -0.338 e. The Morgan fingerprint density at radius 3 is 2.90 bits per heavy atom. The van der Waals surface area contributed by atoms with Crippen molar-refractivity contribution in [1.29, 1.82) is 0 Å². The number of halogens is 1. The van der Waals surface area contributed by atoms with Crippen molar-refractivity contribution in [3.8, 4) is 0 Å². The molecule has 0 amide bonds. The fourth-order valence-electron chi connectivity index (χ4n) is 2.49. The topological polar surface area (TPSA) is 70.8 Å². The third-order valence-electron chi connectivity index (χ3n) is 3.55. The molecular formula is C14H18ClN5. The summed E-state index contributed by atoms with van der Waals surface area (Å²) in [7, 11) is 0. The number of rotatable bonds is 3. The summed E-state index contributed by atoms with van der Waals surface area (Å²) in [5, 5.41) is 8.05. The highest BCUT2D eigenvalue weighted by Gasteiger charge is 2.20. The summed E-state index contributed by atoms with van der Waals surface area (Å²) in [6.07, 6.45) is 2.91. The average molecular weight is 292 g/mol. The Kier molecular flexibility index (Phi) is 3.89. The van der Waals surface area contributed by atoms with Crippen LogP contribution in [-0.4, -0.2) is 34.3 Å². The predicted octanol–water partition coefficient (Wildman–Crippen LogP) is 1.98. The highest BCUT2D eigenvalue weighted by Crippen LogP contribution is 2.16. The Morgan fingerprint density at radius 1 is 1.35 bits per heavy atom. The molecule has 1 aliphatic heterocycles. The molecule has 0 radical (unpaired) electrons. The van der Waals surface area contributed by atoms with Crippen LogP contribution in [0.2, 0.25) is 5.02 Å². The zero-order chi connectivity index (χ0) is 13.9. The number of hydrogen-bond acceptors (Lipinski definition) is 4. The second kappa shape index (κ2) is 5.81. The standard InChI is InChI=1S/C14H18ClN5/c15-11-5-3-10(4-6-11)8-13-17-14(19-18-13)20-7-1-2-12(16)9-20/h3-6,12H,1-2,7-9,16H2,(H,17,18,19). The van der Waals surface area contributed by atoms with Gasteiger partial charge in [-0.25, -0.2) is 0 Å². The summed E-state index contributed by atoms with van der Waals surface area (Å²) < 4.78 is 0. The molecule has 1 saturated heterocycles. The third-order valence-corrected chi connectivity index (χ3v) is 3.80. The molecule has 1 unspecified atom stereocenters. The van der Waals surface area contributed by atoms with E-state index in [1.165, 1.54) is 0 Å². The maximum absolute atomic E-state index is 5.99. The summed E-state index contributed by atoms with van der Waals surface area (Å²) in [5.74, 6) is 1.62. The van der Waals surface area contributed by atoms with Crippen LogP contribution < -0.4 is 10.6 Å². The van der Waals surface area contributed by atoms with E-state index in [-0.39, 0.29) is 6.04 Å². The summed E-state index contributed by atoms with van der Waals surface area (Å²) >= 11 is 5.88. The van der Waals surface area contributed by atoms with Gasteiger partial charge in [0, 0.05) is 30.6 Å². The van der Waals surface area contributed by atoms with Crippen LogP contribution in [0.1, 0.15) is 24.2 Å². The summed E-state index contributed by atoms with van der Waals surface area (Å²) in [6, 6.07) is 8.00. The van der Waals surface area contributed by atoms with Crippen LogP contribution in [-0.2, 0) is 6.42 Å². The smallest absolute Gasteiger partial charge is 0.244 e. The molecule has 106 valence electrons. The molecule has 1 aliphatic rings. The normalized spacial score (nSPS) is 19.3. The Bertz CT molecular complexity index is 565. The van der Waals surface area contributed by atoms with Gasteiger partial charge in [-0.2, -0.15) is 4.98 Å². The van der Waals surface area contributed by atoms with Gasteiger partial charge in [-0.05, 0) is 30.5 Å². The van der Waals surface area contributed by atoms with Gasteiger partial charge in [-0.1, -0.05) is 23.7 Å². The largest absolute Gasteiger partial charge is 0.338 e. The average Bonchev–Trinajstić information content (AvgIpc) is 2.90. The number of nitrogens with two attached hydrogens (primary N) is 1. The van der Waals surface area contributed by atoms with Crippen LogP contribution in [0.3, 0.4) is 0 Å². The van der Waals surface area contributed by atoms with Gasteiger partial charge in [-0.3, -0.25) is 5.10 Å². The van der Waals surface area contributed by atoms with Crippen molar-refractivity contribution < 1.29 is 0 Å². The fraction of sp³-hybridized carbons (Fsp3) is 0.429. The van der Waals surface area contributed by atoms with Crippen molar-refractivity contribution in [2.45, 2.75) is 25.3 Å². The first-order chi connectivity index (χ1) is 9.70. The number of anilines is 1. The molecule has 6 heteroatoms. The minimum absolute atomic E-state index is 0.224. The molecule has 5 nitrogen and oxygen atoms in total. The second-order valence-electron chi connectivity index (χ2n) is 5.23. The van der Waals surface area contributed by atoms with Crippen molar-refractivity contribution in [1.82, 2.24) is 15.2 Å². The van der Waals surface area contributed by atoms with Crippen molar-refractivity contribution in [2.24, 2.45) is 5.73 Å². The van der Waals surface area contributed by atoms with E-state index in [1.807, 2.05) is 24.3 Å². The molecule has 3 N–H and O–H groups in total. The van der Waals surface area contributed by atoms with Crippen molar-refractivity contribution >= 4 is 17.5 Å². The van der Waals surface area contributed by atoms with Crippen molar-refractivity contribution in [3.05, 3.63) is 40.7 Å². The van der Waals surface area contributed by atoms with E-state index < -0.39 is 0 Å². The van der Waals surface area contributed by atoms with E-state index in [4.69, 9.17) is 17.3 Å². The van der Waals surface area contributed by atoms with Gasteiger partial charge in [0.25, 0.3) is 0 Å². The molecule has 20 heavy (non-hydrogen) atoms. The van der Waals surface area contributed by atoms with E-state index in [2.05, 4.69) is 20.1 Å². The molecule has 0 saturated carbocycles. The SMILES string of the molecule is NC1CCCN(c2n[nH]c(Cc3ccc(Cl)cc3)n2)C1. The Hall–Kier alpha value is -1.59. The van der Waals surface area contributed by atoms with E-state index in [0.717, 1.165) is 54.7 Å². The van der Waals surface area contributed by atoms with Crippen molar-refractivity contribution in [3.63, 3.8) is 0 Å². The number of aromatic amines is 1. The number of aromatic nitrogens is 3. The lowest BCUT2D eigenvalue weighted by molar-refractivity contribution is 0.500. The molecule has 3 rings (SSSR count). The van der Waals surface area contributed by atoms with Crippen molar-refractivity contribution in [2.75, 3.05) is 18.0 Å². The number of H-pyrrole nitrogens is 1. The van der Waals surface area contributed by atoms with Crippen LogP contribution in [0.4, 0.5) is 5.95 Å². The summed E-state index contributed by atoms with van der Waals surface area (Å²) in [5.41, 5.74) is 7.15. The molecule has 1 aromatic carbocycles. The maximum atomic E-state index is 5.99. The van der Waals surface area contributed by atoms with Crippen LogP contribution in [0.25, 0.3) is 0 Å². The number of nitrogens with zero attached hydrogens (tertiary/aromatic N) is 3. The molecule has 1 aromatic heterocycles. The quantitative estimate of drug-likeness (QED) is 0.907. The first-order valence-corrected chi connectivity index (χ1v) is 7.25. The van der Waals surface area contributed by atoms with Crippen LogP contribution >= 0.6 is 11.6 Å². The van der Waals surface area contributed by atoms with Gasteiger partial charge in [0.2, 0.25) is 5.95 Å². The molecule has 0 bridgehead atoms. The monoisotopic (exact) mass is 291 g/mol. The molecule has 0 aliphatic carbocycles. The van der Waals surface area contributed by atoms with Gasteiger partial charge in [0.05, 0.1) is 0 Å². The van der Waals surface area contributed by atoms with E-state index in [1.54, 1.807) is 0 Å². The molecular weight excluding hydrogens is 274 g/mol.